The van der Waals surface area contributed by atoms with Crippen LogP contribution in [0, 0.1) is 0 Å². The third-order valence-corrected chi connectivity index (χ3v) is 2.73. The maximum Gasteiger partial charge on any atom is 0.193 e. The van der Waals surface area contributed by atoms with Crippen LogP contribution in [0.4, 0.5) is 0 Å². The zero-order valence-corrected chi connectivity index (χ0v) is 12.0. The van der Waals surface area contributed by atoms with Gasteiger partial charge in [0, 0.05) is 40.9 Å². The van der Waals surface area contributed by atoms with Gasteiger partial charge in [-0.15, -0.1) is 0 Å². The molecule has 0 saturated carbocycles. The van der Waals surface area contributed by atoms with Gasteiger partial charge in [-0.3, -0.25) is 4.99 Å². The molecule has 0 atom stereocenters. The molecule has 0 spiro atoms. The summed E-state index contributed by atoms with van der Waals surface area (Å²) in [5.41, 5.74) is 0. The van der Waals surface area contributed by atoms with Crippen molar-refractivity contribution in [2.75, 3.05) is 40.9 Å². The van der Waals surface area contributed by atoms with E-state index in [4.69, 9.17) is 4.74 Å². The van der Waals surface area contributed by atoms with Crippen LogP contribution in [0.25, 0.3) is 0 Å². The van der Waals surface area contributed by atoms with Gasteiger partial charge in [0.2, 0.25) is 0 Å². The van der Waals surface area contributed by atoms with Crippen LogP contribution in [0.3, 0.4) is 0 Å². The molecule has 17 heavy (non-hydrogen) atoms. The Hall–Kier alpha value is -0.770. The molecule has 102 valence electrons. The number of methoxy groups -OCH3 is 1. The minimum absolute atomic E-state index is 0.866. The second kappa shape index (κ2) is 11.7. The zero-order valence-electron chi connectivity index (χ0n) is 12.0. The van der Waals surface area contributed by atoms with Crippen molar-refractivity contribution in [3.63, 3.8) is 0 Å². The van der Waals surface area contributed by atoms with Crippen LogP contribution in [-0.4, -0.2) is 51.8 Å². The Bertz CT molecular complexity index is 195. The number of ether oxygens (including phenoxy) is 1. The lowest BCUT2D eigenvalue weighted by Gasteiger charge is -2.21. The number of hydrogen-bond acceptors (Lipinski definition) is 2. The number of nitrogens with zero attached hydrogens (tertiary/aromatic N) is 2. The lowest BCUT2D eigenvalue weighted by molar-refractivity contribution is 0.192. The highest BCUT2D eigenvalue weighted by atomic mass is 16.5. The van der Waals surface area contributed by atoms with E-state index in [1.807, 2.05) is 7.05 Å². The highest BCUT2D eigenvalue weighted by molar-refractivity contribution is 5.79. The smallest absolute Gasteiger partial charge is 0.193 e. The summed E-state index contributed by atoms with van der Waals surface area (Å²) < 4.78 is 5.02. The van der Waals surface area contributed by atoms with Gasteiger partial charge in [-0.2, -0.15) is 0 Å². The second-order valence-electron chi connectivity index (χ2n) is 4.30. The van der Waals surface area contributed by atoms with Crippen molar-refractivity contribution in [3.8, 4) is 0 Å². The summed E-state index contributed by atoms with van der Waals surface area (Å²) in [6.45, 7) is 5.14. The summed E-state index contributed by atoms with van der Waals surface area (Å²) >= 11 is 0. The van der Waals surface area contributed by atoms with E-state index in [-0.39, 0.29) is 0 Å². The average molecular weight is 243 g/mol. The van der Waals surface area contributed by atoms with E-state index < -0.39 is 0 Å². The van der Waals surface area contributed by atoms with E-state index >= 15 is 0 Å². The Labute approximate surface area is 106 Å². The second-order valence-corrected chi connectivity index (χ2v) is 4.30. The fraction of sp³-hybridized carbons (Fsp3) is 0.923. The van der Waals surface area contributed by atoms with Crippen LogP contribution in [0.15, 0.2) is 4.99 Å². The molecule has 0 aliphatic heterocycles. The Morgan fingerprint density at radius 2 is 2.00 bits per heavy atom. The zero-order chi connectivity index (χ0) is 12.9. The first-order valence-electron chi connectivity index (χ1n) is 6.67. The largest absolute Gasteiger partial charge is 0.385 e. The Morgan fingerprint density at radius 3 is 2.59 bits per heavy atom. The molecular formula is C13H29N3O. The molecule has 0 rings (SSSR count). The van der Waals surface area contributed by atoms with Gasteiger partial charge in [-0.25, -0.2) is 0 Å². The molecule has 0 saturated heterocycles. The van der Waals surface area contributed by atoms with Gasteiger partial charge in [0.25, 0.3) is 0 Å². The van der Waals surface area contributed by atoms with E-state index in [0.29, 0.717) is 0 Å². The Morgan fingerprint density at radius 1 is 1.24 bits per heavy atom. The summed E-state index contributed by atoms with van der Waals surface area (Å²) in [6.07, 6.45) is 5.95. The minimum atomic E-state index is 0.866. The molecule has 0 aliphatic rings. The van der Waals surface area contributed by atoms with Crippen molar-refractivity contribution in [3.05, 3.63) is 0 Å². The lowest BCUT2D eigenvalue weighted by atomic mass is 10.2. The predicted octanol–water partition coefficient (Wildman–Crippen LogP) is 2.11. The van der Waals surface area contributed by atoms with E-state index in [2.05, 4.69) is 29.2 Å². The number of unbranched alkanes of at least 4 members (excludes halogenated alkanes) is 3. The van der Waals surface area contributed by atoms with Crippen molar-refractivity contribution in [2.24, 2.45) is 4.99 Å². The molecule has 4 heteroatoms. The van der Waals surface area contributed by atoms with Crippen molar-refractivity contribution in [1.82, 2.24) is 10.2 Å². The standard InChI is InChI=1S/C13H29N3O/c1-5-6-11-16(3)13(14-2)15-10-8-7-9-12-17-4/h5-12H2,1-4H3,(H,14,15). The maximum absolute atomic E-state index is 5.02. The number of nitrogens with one attached hydrogen (secondary N) is 1. The molecule has 0 aromatic carbocycles. The molecule has 0 radical (unpaired) electrons. The first-order chi connectivity index (χ1) is 8.26. The van der Waals surface area contributed by atoms with Crippen LogP contribution in [-0.2, 0) is 4.74 Å². The average Bonchev–Trinajstić information content (AvgIpc) is 2.35. The molecular weight excluding hydrogens is 214 g/mol. The predicted molar refractivity (Wildman–Crippen MR) is 74.6 cm³/mol. The molecule has 0 aliphatic carbocycles. The summed E-state index contributed by atoms with van der Waals surface area (Å²) in [5, 5.41) is 3.39. The molecule has 1 N–H and O–H groups in total. The molecule has 0 aromatic heterocycles. The fourth-order valence-corrected chi connectivity index (χ4v) is 1.63. The van der Waals surface area contributed by atoms with E-state index in [9.17, 15) is 0 Å². The Balaban J connectivity index is 3.61. The van der Waals surface area contributed by atoms with Crippen LogP contribution in [0.5, 0.6) is 0 Å². The van der Waals surface area contributed by atoms with Gasteiger partial charge in [-0.05, 0) is 25.7 Å². The van der Waals surface area contributed by atoms with Crippen molar-refractivity contribution < 1.29 is 4.74 Å². The molecule has 0 unspecified atom stereocenters. The first kappa shape index (κ1) is 16.2. The van der Waals surface area contributed by atoms with Gasteiger partial charge in [0.15, 0.2) is 5.96 Å². The van der Waals surface area contributed by atoms with Crippen molar-refractivity contribution >= 4 is 5.96 Å². The van der Waals surface area contributed by atoms with Crippen LogP contribution < -0.4 is 5.32 Å². The van der Waals surface area contributed by atoms with Crippen molar-refractivity contribution in [2.45, 2.75) is 39.0 Å². The molecule has 0 fully saturated rings. The van der Waals surface area contributed by atoms with Crippen LogP contribution in [0.1, 0.15) is 39.0 Å². The first-order valence-corrected chi connectivity index (χ1v) is 6.67. The molecule has 0 aromatic rings. The summed E-state index contributed by atoms with van der Waals surface area (Å²) in [4.78, 5) is 6.47. The highest BCUT2D eigenvalue weighted by Crippen LogP contribution is 1.96. The number of aliphatic imine (C=N–C) groups is 1. The lowest BCUT2D eigenvalue weighted by Crippen LogP contribution is -2.39. The van der Waals surface area contributed by atoms with Gasteiger partial charge in [0.05, 0.1) is 0 Å². The molecule has 0 heterocycles. The number of guanidine groups is 1. The van der Waals surface area contributed by atoms with Gasteiger partial charge in [0.1, 0.15) is 0 Å². The quantitative estimate of drug-likeness (QED) is 0.383. The summed E-state index contributed by atoms with van der Waals surface area (Å²) in [7, 11) is 5.69. The van der Waals surface area contributed by atoms with E-state index in [1.165, 1.54) is 25.7 Å². The molecule has 0 amide bonds. The van der Waals surface area contributed by atoms with Crippen molar-refractivity contribution in [1.29, 1.82) is 0 Å². The molecule has 4 nitrogen and oxygen atoms in total. The van der Waals surface area contributed by atoms with E-state index in [0.717, 1.165) is 32.1 Å². The highest BCUT2D eigenvalue weighted by Gasteiger charge is 2.03. The SMILES string of the molecule is CCCCN(C)C(=NC)NCCCCCOC. The fourth-order valence-electron chi connectivity index (χ4n) is 1.63. The number of rotatable bonds is 9. The van der Waals surface area contributed by atoms with Gasteiger partial charge >= 0.3 is 0 Å². The topological polar surface area (TPSA) is 36.9 Å². The van der Waals surface area contributed by atoms with Gasteiger partial charge < -0.3 is 15.0 Å². The van der Waals surface area contributed by atoms with Crippen LogP contribution >= 0.6 is 0 Å². The molecule has 0 bridgehead atoms. The third kappa shape index (κ3) is 8.98. The minimum Gasteiger partial charge on any atom is -0.385 e. The maximum atomic E-state index is 5.02. The third-order valence-electron chi connectivity index (χ3n) is 2.73. The van der Waals surface area contributed by atoms with Gasteiger partial charge in [-0.1, -0.05) is 13.3 Å². The summed E-state index contributed by atoms with van der Waals surface area (Å²) in [6, 6.07) is 0. The Kier molecular flexibility index (Phi) is 11.2. The van der Waals surface area contributed by atoms with Crippen LogP contribution in [0.2, 0.25) is 0 Å². The normalized spacial score (nSPS) is 11.6. The number of hydrogen-bond donors (Lipinski definition) is 1. The summed E-state index contributed by atoms with van der Waals surface area (Å²) in [5.74, 6) is 1.00. The van der Waals surface area contributed by atoms with E-state index in [1.54, 1.807) is 7.11 Å². The monoisotopic (exact) mass is 243 g/mol.